The van der Waals surface area contributed by atoms with Gasteiger partial charge < -0.3 is 9.84 Å². The molecule has 2 aromatic rings. The molecule has 4 heteroatoms. The lowest BCUT2D eigenvalue weighted by molar-refractivity contribution is 0.192. The van der Waals surface area contributed by atoms with E-state index in [1.165, 1.54) is 12.5 Å². The number of likely N-dealkylation sites (tertiary alicyclic amines) is 1. The average molecular weight is 329 g/mol. The van der Waals surface area contributed by atoms with Gasteiger partial charge in [0.15, 0.2) is 11.5 Å². The van der Waals surface area contributed by atoms with Crippen molar-refractivity contribution in [2.45, 2.75) is 38.3 Å². The summed E-state index contributed by atoms with van der Waals surface area (Å²) in [6.45, 7) is 1.71. The first kappa shape index (κ1) is 16.8. The summed E-state index contributed by atoms with van der Waals surface area (Å²) in [6, 6.07) is 12.7. The Morgan fingerprint density at radius 3 is 2.79 bits per heavy atom. The minimum atomic E-state index is -0.182. The first-order chi connectivity index (χ1) is 11.7. The van der Waals surface area contributed by atoms with E-state index in [1.807, 2.05) is 12.1 Å². The molecule has 0 aliphatic carbocycles. The summed E-state index contributed by atoms with van der Waals surface area (Å²) in [5.41, 5.74) is 2.08. The molecule has 0 saturated carbocycles. The number of rotatable bonds is 4. The SMILES string of the molecule is COc1ccc(CN2CCCCC[C@@H]2c2cccc(F)c2)cc1O. The number of methoxy groups -OCH3 is 1. The van der Waals surface area contributed by atoms with Crippen molar-refractivity contribution in [3.05, 3.63) is 59.4 Å². The summed E-state index contributed by atoms with van der Waals surface area (Å²) in [5, 5.41) is 10.0. The Kier molecular flexibility index (Phi) is 5.36. The maximum absolute atomic E-state index is 13.6. The Balaban J connectivity index is 1.83. The summed E-state index contributed by atoms with van der Waals surface area (Å²) in [5.74, 6) is 0.460. The van der Waals surface area contributed by atoms with Crippen LogP contribution in [-0.2, 0) is 6.54 Å². The standard InChI is InChI=1S/C20H24FNO2/c1-24-20-10-9-15(12-19(20)23)14-22-11-4-2-3-8-18(22)16-6-5-7-17(21)13-16/h5-7,9-10,12-13,18,23H,2-4,8,11,14H2,1H3/t18-/m1/s1. The van der Waals surface area contributed by atoms with Crippen molar-refractivity contribution in [3.63, 3.8) is 0 Å². The minimum Gasteiger partial charge on any atom is -0.504 e. The maximum atomic E-state index is 13.6. The van der Waals surface area contributed by atoms with Crippen molar-refractivity contribution in [1.82, 2.24) is 4.90 Å². The van der Waals surface area contributed by atoms with Crippen molar-refractivity contribution >= 4 is 0 Å². The van der Waals surface area contributed by atoms with Gasteiger partial charge in [-0.2, -0.15) is 0 Å². The van der Waals surface area contributed by atoms with E-state index >= 15 is 0 Å². The number of ether oxygens (including phenoxy) is 1. The van der Waals surface area contributed by atoms with Gasteiger partial charge in [0.25, 0.3) is 0 Å². The van der Waals surface area contributed by atoms with Gasteiger partial charge in [-0.15, -0.1) is 0 Å². The highest BCUT2D eigenvalue weighted by Gasteiger charge is 2.23. The Labute approximate surface area is 142 Å². The van der Waals surface area contributed by atoms with Crippen LogP contribution in [0.2, 0.25) is 0 Å². The minimum absolute atomic E-state index is 0.159. The van der Waals surface area contributed by atoms with Gasteiger partial charge in [0.2, 0.25) is 0 Å². The number of hydrogen-bond acceptors (Lipinski definition) is 3. The number of phenolic OH excluding ortho intramolecular Hbond substituents is 1. The molecule has 1 fully saturated rings. The third-order valence-electron chi connectivity index (χ3n) is 4.73. The molecule has 1 heterocycles. The predicted molar refractivity (Wildman–Crippen MR) is 92.7 cm³/mol. The predicted octanol–water partition coefficient (Wildman–Crippen LogP) is 4.66. The fraction of sp³-hybridized carbons (Fsp3) is 0.400. The highest BCUT2D eigenvalue weighted by atomic mass is 19.1. The van der Waals surface area contributed by atoms with E-state index in [0.717, 1.165) is 43.5 Å². The van der Waals surface area contributed by atoms with Crippen molar-refractivity contribution in [1.29, 1.82) is 0 Å². The van der Waals surface area contributed by atoms with Crippen molar-refractivity contribution in [2.75, 3.05) is 13.7 Å². The number of halogens is 1. The molecule has 1 saturated heterocycles. The first-order valence-corrected chi connectivity index (χ1v) is 8.53. The molecule has 2 aromatic carbocycles. The summed E-state index contributed by atoms with van der Waals surface area (Å²) in [4.78, 5) is 2.39. The Morgan fingerprint density at radius 2 is 2.04 bits per heavy atom. The van der Waals surface area contributed by atoms with Crippen LogP contribution in [0.3, 0.4) is 0 Å². The fourth-order valence-corrected chi connectivity index (χ4v) is 3.52. The second-order valence-corrected chi connectivity index (χ2v) is 6.40. The molecule has 0 bridgehead atoms. The first-order valence-electron chi connectivity index (χ1n) is 8.53. The third kappa shape index (κ3) is 3.88. The zero-order valence-corrected chi connectivity index (χ0v) is 14.0. The van der Waals surface area contributed by atoms with Crippen LogP contribution in [0.15, 0.2) is 42.5 Å². The fourth-order valence-electron chi connectivity index (χ4n) is 3.52. The second-order valence-electron chi connectivity index (χ2n) is 6.40. The zero-order valence-electron chi connectivity index (χ0n) is 14.0. The van der Waals surface area contributed by atoms with Gasteiger partial charge in [-0.25, -0.2) is 4.39 Å². The van der Waals surface area contributed by atoms with Gasteiger partial charge >= 0.3 is 0 Å². The summed E-state index contributed by atoms with van der Waals surface area (Å²) in [6.07, 6.45) is 4.54. The molecular weight excluding hydrogens is 305 g/mol. The molecule has 0 amide bonds. The molecule has 128 valence electrons. The van der Waals surface area contributed by atoms with E-state index in [4.69, 9.17) is 4.74 Å². The summed E-state index contributed by atoms with van der Waals surface area (Å²) in [7, 11) is 1.55. The molecule has 1 aliphatic heterocycles. The molecular formula is C20H24FNO2. The number of hydrogen-bond donors (Lipinski definition) is 1. The lowest BCUT2D eigenvalue weighted by Gasteiger charge is -2.30. The highest BCUT2D eigenvalue weighted by molar-refractivity contribution is 5.41. The van der Waals surface area contributed by atoms with E-state index in [1.54, 1.807) is 31.4 Å². The van der Waals surface area contributed by atoms with Crippen LogP contribution in [0.25, 0.3) is 0 Å². The average Bonchev–Trinajstić information content (AvgIpc) is 2.80. The molecule has 0 radical (unpaired) electrons. The van der Waals surface area contributed by atoms with Crippen LogP contribution in [0.1, 0.15) is 42.9 Å². The van der Waals surface area contributed by atoms with E-state index in [9.17, 15) is 9.50 Å². The van der Waals surface area contributed by atoms with Crippen LogP contribution in [-0.4, -0.2) is 23.7 Å². The topological polar surface area (TPSA) is 32.7 Å². The van der Waals surface area contributed by atoms with Crippen LogP contribution in [0.4, 0.5) is 4.39 Å². The molecule has 24 heavy (non-hydrogen) atoms. The summed E-state index contributed by atoms with van der Waals surface area (Å²) >= 11 is 0. The van der Waals surface area contributed by atoms with Gasteiger partial charge in [-0.1, -0.05) is 31.0 Å². The second kappa shape index (κ2) is 7.67. The number of aromatic hydroxyl groups is 1. The lowest BCUT2D eigenvalue weighted by atomic mass is 10.00. The van der Waals surface area contributed by atoms with E-state index in [2.05, 4.69) is 4.90 Å². The molecule has 0 spiro atoms. The maximum Gasteiger partial charge on any atom is 0.160 e. The Morgan fingerprint density at radius 1 is 1.17 bits per heavy atom. The highest BCUT2D eigenvalue weighted by Crippen LogP contribution is 2.33. The monoisotopic (exact) mass is 329 g/mol. The largest absolute Gasteiger partial charge is 0.504 e. The molecule has 3 rings (SSSR count). The molecule has 0 aromatic heterocycles. The van der Waals surface area contributed by atoms with E-state index in [-0.39, 0.29) is 17.6 Å². The van der Waals surface area contributed by atoms with E-state index in [0.29, 0.717) is 5.75 Å². The van der Waals surface area contributed by atoms with Gasteiger partial charge in [-0.3, -0.25) is 4.90 Å². The summed E-state index contributed by atoms with van der Waals surface area (Å²) < 4.78 is 18.8. The van der Waals surface area contributed by atoms with Crippen LogP contribution in [0, 0.1) is 5.82 Å². The molecule has 0 unspecified atom stereocenters. The van der Waals surface area contributed by atoms with Gasteiger partial charge in [0, 0.05) is 12.6 Å². The van der Waals surface area contributed by atoms with Crippen molar-refractivity contribution in [2.24, 2.45) is 0 Å². The molecule has 1 N–H and O–H groups in total. The van der Waals surface area contributed by atoms with Crippen molar-refractivity contribution < 1.29 is 14.2 Å². The number of phenols is 1. The third-order valence-corrected chi connectivity index (χ3v) is 4.73. The molecule has 1 aliphatic rings. The zero-order chi connectivity index (χ0) is 16.9. The van der Waals surface area contributed by atoms with E-state index < -0.39 is 0 Å². The molecule has 3 nitrogen and oxygen atoms in total. The van der Waals surface area contributed by atoms with Crippen molar-refractivity contribution in [3.8, 4) is 11.5 Å². The lowest BCUT2D eigenvalue weighted by Crippen LogP contribution is -2.28. The van der Waals surface area contributed by atoms with Crippen LogP contribution >= 0.6 is 0 Å². The number of nitrogens with zero attached hydrogens (tertiary/aromatic N) is 1. The van der Waals surface area contributed by atoms with Crippen LogP contribution in [0.5, 0.6) is 11.5 Å². The number of benzene rings is 2. The Bertz CT molecular complexity index is 689. The van der Waals surface area contributed by atoms with Crippen LogP contribution < -0.4 is 4.74 Å². The van der Waals surface area contributed by atoms with Gasteiger partial charge in [0.1, 0.15) is 5.82 Å². The normalized spacial score (nSPS) is 19.0. The van der Waals surface area contributed by atoms with Gasteiger partial charge in [0.05, 0.1) is 7.11 Å². The molecule has 1 atom stereocenters. The Hall–Kier alpha value is -2.07. The van der Waals surface area contributed by atoms with Gasteiger partial charge in [-0.05, 0) is 54.8 Å². The smallest absolute Gasteiger partial charge is 0.160 e. The quantitative estimate of drug-likeness (QED) is 0.886.